The maximum absolute atomic E-state index is 15.3. The summed E-state index contributed by atoms with van der Waals surface area (Å²) in [5.74, 6) is -0.503. The second-order valence-corrected chi connectivity index (χ2v) is 12.1. The minimum absolute atomic E-state index is 0.0806. The normalized spacial score (nSPS) is 31.1. The van der Waals surface area contributed by atoms with Crippen molar-refractivity contribution in [2.45, 2.75) is 81.7 Å². The van der Waals surface area contributed by atoms with Crippen molar-refractivity contribution in [1.82, 2.24) is 20.2 Å². The number of hydrogen-bond donors (Lipinski definition) is 2. The summed E-state index contributed by atoms with van der Waals surface area (Å²) in [5, 5.41) is 3.46. The summed E-state index contributed by atoms with van der Waals surface area (Å²) in [7, 11) is 0. The number of rotatable bonds is 5. The molecule has 0 bridgehead atoms. The lowest BCUT2D eigenvalue weighted by atomic mass is 9.90. The maximum atomic E-state index is 15.3. The number of aryl methyl sites for hydroxylation is 1. The van der Waals surface area contributed by atoms with Crippen LogP contribution in [-0.4, -0.2) is 71.4 Å². The van der Waals surface area contributed by atoms with Crippen LogP contribution in [0.2, 0.25) is 0 Å². The SMILES string of the molecule is Cc1cc(N)c(F)c(C2Cc3nc(OCC45CCCN4CC(F)C5)nc(N4C[C@@H]5NCC[C@@H]54)c3CO2)c1C(F)(F)F. The molecule has 6 heterocycles. The van der Waals surface area contributed by atoms with E-state index in [4.69, 9.17) is 20.2 Å². The first-order valence-electron chi connectivity index (χ1n) is 14.2. The van der Waals surface area contributed by atoms with E-state index >= 15 is 4.39 Å². The summed E-state index contributed by atoms with van der Waals surface area (Å²) in [6.07, 6.45) is -3.97. The van der Waals surface area contributed by atoms with E-state index in [1.165, 1.54) is 6.92 Å². The summed E-state index contributed by atoms with van der Waals surface area (Å²) in [4.78, 5) is 13.7. The van der Waals surface area contributed by atoms with Crippen LogP contribution in [0.15, 0.2) is 6.07 Å². The van der Waals surface area contributed by atoms with E-state index in [2.05, 4.69) is 20.1 Å². The molecule has 8 nitrogen and oxygen atoms in total. The fraction of sp³-hybridized carbons (Fsp3) is 0.643. The number of fused-ring (bicyclic) bond motifs is 3. The zero-order valence-corrected chi connectivity index (χ0v) is 22.7. The third kappa shape index (κ3) is 4.42. The van der Waals surface area contributed by atoms with Crippen LogP contribution >= 0.6 is 0 Å². The van der Waals surface area contributed by atoms with Crippen LogP contribution in [0, 0.1) is 12.7 Å². The molecule has 4 saturated heterocycles. The largest absolute Gasteiger partial charge is 0.461 e. The van der Waals surface area contributed by atoms with Gasteiger partial charge in [-0.05, 0) is 50.9 Å². The molecule has 3 N–H and O–H groups in total. The van der Waals surface area contributed by atoms with Gasteiger partial charge in [0.1, 0.15) is 18.6 Å². The molecule has 3 unspecified atom stereocenters. The second-order valence-electron chi connectivity index (χ2n) is 12.1. The third-order valence-corrected chi connectivity index (χ3v) is 9.60. The van der Waals surface area contributed by atoms with Crippen molar-refractivity contribution in [2.75, 3.05) is 43.4 Å². The Morgan fingerprint density at radius 2 is 2.10 bits per heavy atom. The highest BCUT2D eigenvalue weighted by Crippen LogP contribution is 2.46. The Morgan fingerprint density at radius 1 is 1.27 bits per heavy atom. The fourth-order valence-corrected chi connectivity index (χ4v) is 7.66. The topological polar surface area (TPSA) is 88.8 Å². The number of benzene rings is 1. The number of hydrogen-bond acceptors (Lipinski definition) is 8. The van der Waals surface area contributed by atoms with Crippen molar-refractivity contribution in [1.29, 1.82) is 0 Å². The number of anilines is 2. The molecule has 0 amide bonds. The predicted octanol–water partition coefficient (Wildman–Crippen LogP) is 3.84. The molecule has 0 saturated carbocycles. The monoisotopic (exact) mass is 580 g/mol. The molecule has 2 aromatic rings. The first kappa shape index (κ1) is 27.1. The van der Waals surface area contributed by atoms with Crippen LogP contribution < -0.4 is 20.7 Å². The molecule has 7 rings (SSSR count). The Balaban J connectivity index is 1.24. The highest BCUT2D eigenvalue weighted by atomic mass is 19.4. The summed E-state index contributed by atoms with van der Waals surface area (Å²) in [6, 6.07) is 1.66. The number of nitrogens with one attached hydrogen (secondary N) is 1. The molecule has 0 aliphatic carbocycles. The first-order chi connectivity index (χ1) is 19.5. The number of aromatic nitrogens is 2. The Morgan fingerprint density at radius 3 is 2.88 bits per heavy atom. The first-order valence-corrected chi connectivity index (χ1v) is 14.2. The molecule has 1 aromatic carbocycles. The quantitative estimate of drug-likeness (QED) is 0.408. The van der Waals surface area contributed by atoms with Crippen LogP contribution in [0.3, 0.4) is 0 Å². The minimum atomic E-state index is -4.80. The van der Waals surface area contributed by atoms with E-state index in [1.807, 2.05) is 0 Å². The summed E-state index contributed by atoms with van der Waals surface area (Å²) in [6.45, 7) is 4.21. The summed E-state index contributed by atoms with van der Waals surface area (Å²) < 4.78 is 84.0. The molecular weight excluding hydrogens is 547 g/mol. The van der Waals surface area contributed by atoms with Crippen molar-refractivity contribution in [2.24, 2.45) is 0 Å². The van der Waals surface area contributed by atoms with E-state index in [-0.39, 0.29) is 42.9 Å². The van der Waals surface area contributed by atoms with Crippen molar-refractivity contribution in [3.63, 3.8) is 0 Å². The number of nitrogen functional groups attached to an aromatic ring is 1. The Bertz CT molecular complexity index is 1370. The lowest BCUT2D eigenvalue weighted by molar-refractivity contribution is -0.140. The Kier molecular flexibility index (Phi) is 6.36. The smallest absolute Gasteiger partial charge is 0.417 e. The van der Waals surface area contributed by atoms with Crippen molar-refractivity contribution < 1.29 is 31.4 Å². The Labute approximate surface area is 234 Å². The number of halogens is 5. The molecule has 1 aromatic heterocycles. The van der Waals surface area contributed by atoms with E-state index in [9.17, 15) is 17.6 Å². The molecule has 13 heteroatoms. The van der Waals surface area contributed by atoms with Crippen molar-refractivity contribution in [3.05, 3.63) is 39.8 Å². The molecule has 0 radical (unpaired) electrons. The summed E-state index contributed by atoms with van der Waals surface area (Å²) in [5.41, 5.74) is 4.26. The maximum Gasteiger partial charge on any atom is 0.417 e. The lowest BCUT2D eigenvalue weighted by Crippen LogP contribution is -2.61. The second kappa shape index (κ2) is 9.63. The Hall–Kier alpha value is -2.77. The van der Waals surface area contributed by atoms with Crippen molar-refractivity contribution >= 4 is 11.5 Å². The summed E-state index contributed by atoms with van der Waals surface area (Å²) >= 11 is 0. The number of alkyl halides is 4. The number of nitrogens with two attached hydrogens (primary N) is 1. The minimum Gasteiger partial charge on any atom is -0.461 e. The van der Waals surface area contributed by atoms with Crippen LogP contribution in [0.5, 0.6) is 6.01 Å². The zero-order chi connectivity index (χ0) is 28.7. The van der Waals surface area contributed by atoms with Gasteiger partial charge in [-0.15, -0.1) is 0 Å². The van der Waals surface area contributed by atoms with Crippen LogP contribution in [0.1, 0.15) is 59.7 Å². The van der Waals surface area contributed by atoms with Gasteiger partial charge in [0.05, 0.1) is 35.2 Å². The standard InChI is InChI=1S/C28H33F5N6O2/c1-14-7-17(34)24(30)22(23(14)28(31,32)33)21-8-18-16(12-40-21)25(39-11-19-20(39)3-5-35-19)37-26(36-18)41-13-27-4-2-6-38(27)10-15(29)9-27/h7,15,19-21,35H,2-6,8-13,34H2,1H3/t15?,19-,20-,21?,27?/m0/s1. The average molecular weight is 581 g/mol. The molecule has 0 spiro atoms. The van der Waals surface area contributed by atoms with E-state index < -0.39 is 40.9 Å². The zero-order valence-electron chi connectivity index (χ0n) is 22.7. The van der Waals surface area contributed by atoms with Crippen LogP contribution in [0.25, 0.3) is 0 Å². The van der Waals surface area contributed by atoms with Gasteiger partial charge in [-0.25, -0.2) is 8.78 Å². The van der Waals surface area contributed by atoms with Gasteiger partial charge in [-0.1, -0.05) is 0 Å². The lowest BCUT2D eigenvalue weighted by Gasteiger charge is -2.46. The van der Waals surface area contributed by atoms with Gasteiger partial charge in [0.15, 0.2) is 5.82 Å². The molecule has 41 heavy (non-hydrogen) atoms. The van der Waals surface area contributed by atoms with Gasteiger partial charge in [0.25, 0.3) is 0 Å². The number of ether oxygens (including phenoxy) is 2. The van der Waals surface area contributed by atoms with E-state index in [0.717, 1.165) is 45.0 Å². The van der Waals surface area contributed by atoms with Gasteiger partial charge in [0, 0.05) is 49.1 Å². The average Bonchev–Trinajstić information content (AvgIpc) is 3.55. The van der Waals surface area contributed by atoms with Crippen molar-refractivity contribution in [3.8, 4) is 6.01 Å². The van der Waals surface area contributed by atoms with Crippen LogP contribution in [-0.2, 0) is 23.9 Å². The van der Waals surface area contributed by atoms with Gasteiger partial charge in [0.2, 0.25) is 0 Å². The van der Waals surface area contributed by atoms with Gasteiger partial charge in [-0.2, -0.15) is 23.1 Å². The fourth-order valence-electron chi connectivity index (χ4n) is 7.66. The predicted molar refractivity (Wildman–Crippen MR) is 140 cm³/mol. The number of nitrogens with zero attached hydrogens (tertiary/aromatic N) is 4. The molecule has 4 fully saturated rings. The highest BCUT2D eigenvalue weighted by molar-refractivity contribution is 5.57. The molecule has 5 aliphatic heterocycles. The van der Waals surface area contributed by atoms with Crippen LogP contribution in [0.4, 0.5) is 33.5 Å². The van der Waals surface area contributed by atoms with E-state index in [0.29, 0.717) is 36.1 Å². The highest BCUT2D eigenvalue weighted by Gasteiger charge is 2.50. The van der Waals surface area contributed by atoms with Gasteiger partial charge < -0.3 is 25.4 Å². The third-order valence-electron chi connectivity index (χ3n) is 9.60. The molecular formula is C28H33F5N6O2. The van der Waals surface area contributed by atoms with Gasteiger partial charge in [-0.3, -0.25) is 4.90 Å². The molecule has 5 atom stereocenters. The van der Waals surface area contributed by atoms with E-state index in [1.54, 1.807) is 0 Å². The molecule has 222 valence electrons. The van der Waals surface area contributed by atoms with Gasteiger partial charge >= 0.3 is 12.2 Å². The molecule has 5 aliphatic rings.